The van der Waals surface area contributed by atoms with E-state index in [-0.39, 0.29) is 22.5 Å². The minimum atomic E-state index is -4.58. The minimum absolute atomic E-state index is 0.00385. The van der Waals surface area contributed by atoms with E-state index in [0.717, 1.165) is 37.5 Å². The van der Waals surface area contributed by atoms with Crippen molar-refractivity contribution in [1.29, 1.82) is 0 Å². The maximum Gasteiger partial charge on any atom is 0.433 e. The summed E-state index contributed by atoms with van der Waals surface area (Å²) in [6.45, 7) is 3.54. The van der Waals surface area contributed by atoms with Gasteiger partial charge in [-0.15, -0.1) is 11.3 Å². The maximum atomic E-state index is 13.3. The molecule has 1 aromatic carbocycles. The third-order valence-electron chi connectivity index (χ3n) is 5.07. The number of piperazine rings is 1. The predicted molar refractivity (Wildman–Crippen MR) is 119 cm³/mol. The second-order valence-electron chi connectivity index (χ2n) is 7.33. The average Bonchev–Trinajstić information content (AvgIpc) is 3.33. The van der Waals surface area contributed by atoms with Crippen LogP contribution < -0.4 is 0 Å². The summed E-state index contributed by atoms with van der Waals surface area (Å²) in [5, 5.41) is 1.73. The Bertz CT molecular complexity index is 1040. The SMILES string of the molecule is O=C(CSc1nc(-c2cccs2)cc(C(F)(F)F)n1)N1CCN(Cc2ccccc2)CC1. The summed E-state index contributed by atoms with van der Waals surface area (Å²) < 4.78 is 39.9. The Hall–Kier alpha value is -2.43. The Morgan fingerprint density at radius 3 is 2.44 bits per heavy atom. The fraction of sp³-hybridized carbons (Fsp3) is 0.318. The molecule has 0 atom stereocenters. The summed E-state index contributed by atoms with van der Waals surface area (Å²) in [5.41, 5.74) is 0.443. The topological polar surface area (TPSA) is 49.3 Å². The second kappa shape index (κ2) is 10.0. The van der Waals surface area contributed by atoms with E-state index in [2.05, 4.69) is 27.0 Å². The highest BCUT2D eigenvalue weighted by molar-refractivity contribution is 7.99. The van der Waals surface area contributed by atoms with Crippen molar-refractivity contribution in [2.75, 3.05) is 31.9 Å². The van der Waals surface area contributed by atoms with Gasteiger partial charge in [0, 0.05) is 32.7 Å². The third-order valence-corrected chi connectivity index (χ3v) is 6.79. The van der Waals surface area contributed by atoms with Gasteiger partial charge in [0.2, 0.25) is 5.91 Å². The molecule has 168 valence electrons. The molecule has 1 aliphatic rings. The lowest BCUT2D eigenvalue weighted by atomic mass is 10.2. The van der Waals surface area contributed by atoms with E-state index < -0.39 is 11.9 Å². The van der Waals surface area contributed by atoms with E-state index in [1.165, 1.54) is 16.9 Å². The molecule has 4 rings (SSSR count). The van der Waals surface area contributed by atoms with Crippen molar-refractivity contribution in [3.8, 4) is 10.6 Å². The first-order valence-electron chi connectivity index (χ1n) is 10.1. The van der Waals surface area contributed by atoms with Gasteiger partial charge in [-0.2, -0.15) is 13.2 Å². The third kappa shape index (κ3) is 5.87. The zero-order chi connectivity index (χ0) is 22.6. The van der Waals surface area contributed by atoms with Crippen molar-refractivity contribution in [3.05, 3.63) is 65.2 Å². The van der Waals surface area contributed by atoms with Gasteiger partial charge in [0.1, 0.15) is 5.69 Å². The number of rotatable bonds is 6. The molecule has 0 N–H and O–H groups in total. The molecule has 0 saturated carbocycles. The molecule has 0 bridgehead atoms. The molecule has 3 heterocycles. The summed E-state index contributed by atoms with van der Waals surface area (Å²) in [6.07, 6.45) is -4.58. The first-order chi connectivity index (χ1) is 15.4. The summed E-state index contributed by atoms with van der Waals surface area (Å²) >= 11 is 2.25. The van der Waals surface area contributed by atoms with E-state index in [0.29, 0.717) is 18.0 Å². The monoisotopic (exact) mass is 478 g/mol. The second-order valence-corrected chi connectivity index (χ2v) is 9.22. The molecule has 1 saturated heterocycles. The standard InChI is InChI=1S/C22H21F3N4OS2/c23-22(24,25)19-13-17(18-7-4-12-31-18)26-21(27-19)32-15-20(30)29-10-8-28(9-11-29)14-16-5-2-1-3-6-16/h1-7,12-13H,8-11,14-15H2. The Kier molecular flexibility index (Phi) is 7.12. The van der Waals surface area contributed by atoms with Crippen LogP contribution in [0.3, 0.4) is 0 Å². The van der Waals surface area contributed by atoms with Gasteiger partial charge in [0.25, 0.3) is 0 Å². The number of thiophene rings is 1. The molecule has 0 unspecified atom stereocenters. The fourth-order valence-electron chi connectivity index (χ4n) is 3.40. The van der Waals surface area contributed by atoms with Crippen LogP contribution in [0.15, 0.2) is 59.1 Å². The normalized spacial score (nSPS) is 15.2. The fourth-order valence-corrected chi connectivity index (χ4v) is 4.85. The molecule has 1 amide bonds. The van der Waals surface area contributed by atoms with Crippen LogP contribution in [0.4, 0.5) is 13.2 Å². The molecule has 3 aromatic rings. The number of halogens is 3. The highest BCUT2D eigenvalue weighted by Gasteiger charge is 2.34. The van der Waals surface area contributed by atoms with Gasteiger partial charge in [-0.25, -0.2) is 9.97 Å². The Morgan fingerprint density at radius 1 is 1.03 bits per heavy atom. The molecule has 0 spiro atoms. The maximum absolute atomic E-state index is 13.3. The smallest absolute Gasteiger partial charge is 0.339 e. The molecule has 32 heavy (non-hydrogen) atoms. The van der Waals surface area contributed by atoms with Crippen molar-refractivity contribution >= 4 is 29.0 Å². The van der Waals surface area contributed by atoms with Crippen molar-refractivity contribution in [3.63, 3.8) is 0 Å². The van der Waals surface area contributed by atoms with Crippen LogP contribution in [-0.2, 0) is 17.5 Å². The van der Waals surface area contributed by atoms with E-state index in [1.54, 1.807) is 22.4 Å². The number of alkyl halides is 3. The van der Waals surface area contributed by atoms with Crippen LogP contribution >= 0.6 is 23.1 Å². The largest absolute Gasteiger partial charge is 0.433 e. The molecule has 1 aliphatic heterocycles. The Labute approximate surface area is 192 Å². The summed E-state index contributed by atoms with van der Waals surface area (Å²) in [6, 6.07) is 14.6. The van der Waals surface area contributed by atoms with E-state index >= 15 is 0 Å². The quantitative estimate of drug-likeness (QED) is 0.381. The number of carbonyl (C=O) groups excluding carboxylic acids is 1. The minimum Gasteiger partial charge on any atom is -0.339 e. The average molecular weight is 479 g/mol. The number of nitrogens with zero attached hydrogens (tertiary/aromatic N) is 4. The van der Waals surface area contributed by atoms with Crippen LogP contribution in [0.2, 0.25) is 0 Å². The zero-order valence-corrected chi connectivity index (χ0v) is 18.7. The van der Waals surface area contributed by atoms with Gasteiger partial charge < -0.3 is 4.90 Å². The number of hydrogen-bond acceptors (Lipinski definition) is 6. The van der Waals surface area contributed by atoms with Crippen molar-refractivity contribution < 1.29 is 18.0 Å². The van der Waals surface area contributed by atoms with E-state index in [4.69, 9.17) is 0 Å². The van der Waals surface area contributed by atoms with E-state index in [9.17, 15) is 18.0 Å². The highest BCUT2D eigenvalue weighted by atomic mass is 32.2. The van der Waals surface area contributed by atoms with Crippen molar-refractivity contribution in [2.24, 2.45) is 0 Å². The van der Waals surface area contributed by atoms with E-state index in [1.807, 2.05) is 18.2 Å². The summed E-state index contributed by atoms with van der Waals surface area (Å²) in [4.78, 5) is 25.2. The molecule has 5 nitrogen and oxygen atoms in total. The van der Waals surface area contributed by atoms with Gasteiger partial charge in [0.05, 0.1) is 16.3 Å². The first kappa shape index (κ1) is 22.8. The lowest BCUT2D eigenvalue weighted by molar-refractivity contribution is -0.141. The number of hydrogen-bond donors (Lipinski definition) is 0. The van der Waals surface area contributed by atoms with Crippen molar-refractivity contribution in [2.45, 2.75) is 17.9 Å². The molecule has 0 aliphatic carbocycles. The van der Waals surface area contributed by atoms with Crippen LogP contribution in [0, 0.1) is 0 Å². The Morgan fingerprint density at radius 2 is 1.78 bits per heavy atom. The van der Waals surface area contributed by atoms with Crippen LogP contribution in [0.5, 0.6) is 0 Å². The lowest BCUT2D eigenvalue weighted by Crippen LogP contribution is -2.48. The van der Waals surface area contributed by atoms with Gasteiger partial charge >= 0.3 is 6.18 Å². The van der Waals surface area contributed by atoms with Crippen LogP contribution in [0.25, 0.3) is 10.6 Å². The Balaban J connectivity index is 1.35. The molecule has 2 aromatic heterocycles. The van der Waals surface area contributed by atoms with Gasteiger partial charge in [0.15, 0.2) is 5.16 Å². The predicted octanol–water partition coefficient (Wildman–Crippen LogP) is 4.66. The molecule has 10 heteroatoms. The number of aromatic nitrogens is 2. The first-order valence-corrected chi connectivity index (χ1v) is 11.9. The van der Waals surface area contributed by atoms with Crippen LogP contribution in [-0.4, -0.2) is 57.6 Å². The summed E-state index contributed by atoms with van der Waals surface area (Å²) in [5.74, 6) is -0.114. The number of carbonyl (C=O) groups is 1. The van der Waals surface area contributed by atoms with Gasteiger partial charge in [-0.1, -0.05) is 48.2 Å². The lowest BCUT2D eigenvalue weighted by Gasteiger charge is -2.34. The van der Waals surface area contributed by atoms with Crippen molar-refractivity contribution in [1.82, 2.24) is 19.8 Å². The van der Waals surface area contributed by atoms with Gasteiger partial charge in [-0.3, -0.25) is 9.69 Å². The molecular formula is C22H21F3N4OS2. The molecular weight excluding hydrogens is 457 g/mol. The zero-order valence-electron chi connectivity index (χ0n) is 17.1. The van der Waals surface area contributed by atoms with Gasteiger partial charge in [-0.05, 0) is 23.1 Å². The van der Waals surface area contributed by atoms with Crippen LogP contribution in [0.1, 0.15) is 11.3 Å². The molecule has 0 radical (unpaired) electrons. The summed E-state index contributed by atoms with van der Waals surface area (Å²) in [7, 11) is 0. The number of amides is 1. The number of thioether (sulfide) groups is 1. The highest BCUT2D eigenvalue weighted by Crippen LogP contribution is 2.33. The molecule has 1 fully saturated rings. The number of benzene rings is 1.